The second-order valence-electron chi connectivity index (χ2n) is 8.33. The number of nitrogens with one attached hydrogen (secondary N) is 3. The van der Waals surface area contributed by atoms with E-state index in [1.165, 1.54) is 0 Å². The summed E-state index contributed by atoms with van der Waals surface area (Å²) in [7, 11) is 0. The molecule has 0 aliphatic carbocycles. The van der Waals surface area contributed by atoms with Crippen molar-refractivity contribution >= 4 is 28.7 Å². The molecule has 1 amide bonds. The summed E-state index contributed by atoms with van der Waals surface area (Å²) in [4.78, 5) is 43.3. The molecule has 2 heterocycles. The summed E-state index contributed by atoms with van der Waals surface area (Å²) in [5, 5.41) is 25.8. The third kappa shape index (κ3) is 5.97. The monoisotopic (exact) mass is 490 g/mol. The van der Waals surface area contributed by atoms with Gasteiger partial charge >= 0.3 is 11.9 Å². The average Bonchev–Trinajstić information content (AvgIpc) is 3.51. The summed E-state index contributed by atoms with van der Waals surface area (Å²) >= 11 is 0. The predicted octanol–water partition coefficient (Wildman–Crippen LogP) is 2.41. The number of benzene rings is 2. The molecule has 2 aromatic carbocycles. The molecule has 5 N–H and O–H groups in total. The zero-order valence-electron chi connectivity index (χ0n) is 19.3. The molecule has 10 heteroatoms. The van der Waals surface area contributed by atoms with Gasteiger partial charge in [0.1, 0.15) is 11.8 Å². The maximum atomic E-state index is 13.1. The molecule has 2 aromatic heterocycles. The van der Waals surface area contributed by atoms with Crippen LogP contribution in [0.5, 0.6) is 0 Å². The van der Waals surface area contributed by atoms with Crippen LogP contribution in [0.4, 0.5) is 0 Å². The lowest BCUT2D eigenvalue weighted by molar-refractivity contribution is -0.140. The van der Waals surface area contributed by atoms with E-state index in [1.807, 2.05) is 54.6 Å². The SMILES string of the molecule is O=C(O)c1ncoc1CCNC(=O)[C@H](Cc1ccccc1)N[C@@H](Cc1c[nH]c2ccccc12)C(=O)O. The molecule has 0 saturated carbocycles. The van der Waals surface area contributed by atoms with Gasteiger partial charge in [-0.25, -0.2) is 9.78 Å². The molecule has 10 nitrogen and oxygen atoms in total. The first-order valence-corrected chi connectivity index (χ1v) is 11.4. The number of carboxylic acids is 2. The van der Waals surface area contributed by atoms with Crippen LogP contribution >= 0.6 is 0 Å². The molecule has 0 saturated heterocycles. The van der Waals surface area contributed by atoms with E-state index in [1.54, 1.807) is 6.20 Å². The van der Waals surface area contributed by atoms with E-state index < -0.39 is 29.9 Å². The normalized spacial score (nSPS) is 12.8. The molecule has 36 heavy (non-hydrogen) atoms. The number of aliphatic carboxylic acids is 1. The molecule has 4 rings (SSSR count). The van der Waals surface area contributed by atoms with Crippen molar-refractivity contribution < 1.29 is 29.0 Å². The Morgan fingerprint density at radius 1 is 0.972 bits per heavy atom. The molecule has 0 fully saturated rings. The van der Waals surface area contributed by atoms with E-state index in [2.05, 4.69) is 20.6 Å². The highest BCUT2D eigenvalue weighted by molar-refractivity contribution is 5.87. The first-order valence-electron chi connectivity index (χ1n) is 11.4. The Bertz CT molecular complexity index is 1350. The van der Waals surface area contributed by atoms with E-state index >= 15 is 0 Å². The highest BCUT2D eigenvalue weighted by Gasteiger charge is 2.27. The fourth-order valence-electron chi connectivity index (χ4n) is 4.10. The van der Waals surface area contributed by atoms with Gasteiger partial charge in [0.15, 0.2) is 12.1 Å². The smallest absolute Gasteiger partial charge is 0.358 e. The summed E-state index contributed by atoms with van der Waals surface area (Å²) in [5.74, 6) is -2.53. The van der Waals surface area contributed by atoms with Crippen LogP contribution in [-0.4, -0.2) is 56.7 Å². The Labute approximate surface area is 206 Å². The van der Waals surface area contributed by atoms with Crippen LogP contribution in [0.3, 0.4) is 0 Å². The zero-order chi connectivity index (χ0) is 25.5. The summed E-state index contributed by atoms with van der Waals surface area (Å²) < 4.78 is 5.11. The van der Waals surface area contributed by atoms with Crippen LogP contribution in [0.1, 0.15) is 27.4 Å². The fraction of sp³-hybridized carbons (Fsp3) is 0.231. The Morgan fingerprint density at radius 3 is 2.47 bits per heavy atom. The number of carbonyl (C=O) groups excluding carboxylic acids is 1. The number of carbonyl (C=O) groups is 3. The number of carboxylic acid groups (broad SMARTS) is 2. The number of aromatic amines is 1. The molecule has 0 radical (unpaired) electrons. The summed E-state index contributed by atoms with van der Waals surface area (Å²) in [6, 6.07) is 15.1. The molecular formula is C26H26N4O6. The van der Waals surface area contributed by atoms with Gasteiger partial charge in [0.05, 0.1) is 6.04 Å². The molecule has 0 aliphatic heterocycles. The van der Waals surface area contributed by atoms with Crippen LogP contribution in [0, 0.1) is 0 Å². The van der Waals surface area contributed by atoms with E-state index in [-0.39, 0.29) is 37.3 Å². The summed E-state index contributed by atoms with van der Waals surface area (Å²) in [5.41, 5.74) is 2.40. The molecule has 0 bridgehead atoms. The van der Waals surface area contributed by atoms with Gasteiger partial charge in [0.25, 0.3) is 0 Å². The number of aromatic carboxylic acids is 1. The number of rotatable bonds is 12. The van der Waals surface area contributed by atoms with Crippen LogP contribution < -0.4 is 10.6 Å². The Balaban J connectivity index is 1.48. The van der Waals surface area contributed by atoms with Crippen molar-refractivity contribution in [3.63, 3.8) is 0 Å². The summed E-state index contributed by atoms with van der Waals surface area (Å²) in [6.45, 7) is 0.0987. The molecule has 0 aliphatic rings. The van der Waals surface area contributed by atoms with Gasteiger partial charge in [0.2, 0.25) is 5.91 Å². The number of hydrogen-bond acceptors (Lipinski definition) is 6. The standard InChI is InChI=1S/C26H26N4O6/c31-24(27-11-10-22-23(26(34)35)29-15-36-22)20(12-16-6-2-1-3-7-16)30-21(25(32)33)13-17-14-28-19-9-5-4-8-18(17)19/h1-9,14-15,20-21,28,30H,10-13H2,(H,27,31)(H,32,33)(H,34,35)/t20-,21-/m0/s1. The number of oxazole rings is 1. The van der Waals surface area contributed by atoms with Gasteiger partial charge in [-0.3, -0.25) is 14.9 Å². The minimum atomic E-state index is -1.21. The quantitative estimate of drug-likeness (QED) is 0.203. The van der Waals surface area contributed by atoms with Crippen molar-refractivity contribution in [2.24, 2.45) is 0 Å². The van der Waals surface area contributed by atoms with Gasteiger partial charge in [-0.2, -0.15) is 0 Å². The first-order chi connectivity index (χ1) is 17.4. The lowest BCUT2D eigenvalue weighted by atomic mass is 10.0. The molecular weight excluding hydrogens is 464 g/mol. The van der Waals surface area contributed by atoms with Crippen molar-refractivity contribution in [1.82, 2.24) is 20.6 Å². The Kier molecular flexibility index (Phi) is 7.76. The average molecular weight is 491 g/mol. The van der Waals surface area contributed by atoms with Crippen molar-refractivity contribution in [3.8, 4) is 0 Å². The Morgan fingerprint density at radius 2 is 1.72 bits per heavy atom. The topological polar surface area (TPSA) is 158 Å². The Hall–Kier alpha value is -4.44. The lowest BCUT2D eigenvalue weighted by Crippen LogP contribution is -2.53. The van der Waals surface area contributed by atoms with Crippen molar-refractivity contribution in [2.75, 3.05) is 6.54 Å². The molecule has 186 valence electrons. The first kappa shape index (κ1) is 24.7. The maximum absolute atomic E-state index is 13.1. The van der Waals surface area contributed by atoms with Gasteiger partial charge in [0, 0.05) is 36.5 Å². The lowest BCUT2D eigenvalue weighted by Gasteiger charge is -2.23. The van der Waals surface area contributed by atoms with Crippen LogP contribution in [0.15, 0.2) is 71.6 Å². The van der Waals surface area contributed by atoms with Gasteiger partial charge in [-0.1, -0.05) is 48.5 Å². The van der Waals surface area contributed by atoms with E-state index in [0.29, 0.717) is 0 Å². The molecule has 0 unspecified atom stereocenters. The van der Waals surface area contributed by atoms with E-state index in [0.717, 1.165) is 28.4 Å². The van der Waals surface area contributed by atoms with Crippen molar-refractivity contribution in [1.29, 1.82) is 0 Å². The maximum Gasteiger partial charge on any atom is 0.358 e. The van der Waals surface area contributed by atoms with E-state index in [4.69, 9.17) is 9.52 Å². The largest absolute Gasteiger partial charge is 0.480 e. The minimum absolute atomic E-state index is 0.0987. The fourth-order valence-corrected chi connectivity index (χ4v) is 4.10. The number of nitrogens with zero attached hydrogens (tertiary/aromatic N) is 1. The van der Waals surface area contributed by atoms with Crippen LogP contribution in [0.2, 0.25) is 0 Å². The van der Waals surface area contributed by atoms with Crippen LogP contribution in [0.25, 0.3) is 10.9 Å². The molecule has 0 spiro atoms. The predicted molar refractivity (Wildman–Crippen MR) is 131 cm³/mol. The number of hydrogen-bond donors (Lipinski definition) is 5. The minimum Gasteiger partial charge on any atom is -0.480 e. The van der Waals surface area contributed by atoms with E-state index in [9.17, 15) is 19.5 Å². The molecule has 4 aromatic rings. The zero-order valence-corrected chi connectivity index (χ0v) is 19.3. The summed E-state index contributed by atoms with van der Waals surface area (Å²) in [6.07, 6.45) is 3.41. The number of amides is 1. The van der Waals surface area contributed by atoms with Crippen molar-refractivity contribution in [2.45, 2.75) is 31.3 Å². The second kappa shape index (κ2) is 11.3. The van der Waals surface area contributed by atoms with Gasteiger partial charge < -0.3 is 24.9 Å². The second-order valence-corrected chi connectivity index (χ2v) is 8.33. The van der Waals surface area contributed by atoms with Crippen molar-refractivity contribution in [3.05, 3.63) is 89.8 Å². The van der Waals surface area contributed by atoms with Crippen LogP contribution in [-0.2, 0) is 28.9 Å². The van der Waals surface area contributed by atoms with Gasteiger partial charge in [-0.05, 0) is 23.6 Å². The third-order valence-electron chi connectivity index (χ3n) is 5.89. The number of fused-ring (bicyclic) bond motifs is 1. The van der Waals surface area contributed by atoms with Gasteiger partial charge in [-0.15, -0.1) is 0 Å². The highest BCUT2D eigenvalue weighted by atomic mass is 16.4. The molecule has 2 atom stereocenters. The third-order valence-corrected chi connectivity index (χ3v) is 5.89. The number of H-pyrrole nitrogens is 1. The number of aromatic nitrogens is 2. The highest BCUT2D eigenvalue weighted by Crippen LogP contribution is 2.19. The number of para-hydroxylation sites is 1.